The van der Waals surface area contributed by atoms with Gasteiger partial charge in [0.2, 0.25) is 16.8 Å². The Balaban J connectivity index is 2.36. The van der Waals surface area contributed by atoms with Crippen LogP contribution in [0.25, 0.3) is 0 Å². The van der Waals surface area contributed by atoms with Gasteiger partial charge in [-0.2, -0.15) is 0 Å². The van der Waals surface area contributed by atoms with Gasteiger partial charge in [-0.25, -0.2) is 17.9 Å². The number of carbonyl (C=O) groups is 1. The number of ether oxygens (including phenoxy) is 3. The molecule has 0 bridgehead atoms. The fourth-order valence-corrected chi connectivity index (χ4v) is 6.70. The summed E-state index contributed by atoms with van der Waals surface area (Å²) in [5, 5.41) is 0. The molecular weight excluding hydrogens is 374 g/mol. The Bertz CT molecular complexity index is 800. The molecule has 1 aromatic carbocycles. The summed E-state index contributed by atoms with van der Waals surface area (Å²) in [5.74, 6) is 0.182. The van der Waals surface area contributed by atoms with Crippen molar-refractivity contribution in [3.05, 3.63) is 35.9 Å². The van der Waals surface area contributed by atoms with Crippen LogP contribution in [-0.4, -0.2) is 42.1 Å². The number of rotatable bonds is 8. The number of esters is 1. The Morgan fingerprint density at radius 2 is 2.04 bits per heavy atom. The van der Waals surface area contributed by atoms with Gasteiger partial charge in [-0.1, -0.05) is 38.4 Å². The monoisotopic (exact) mass is 399 g/mol. The van der Waals surface area contributed by atoms with Crippen molar-refractivity contribution in [2.75, 3.05) is 19.7 Å². The first-order valence-electron chi connectivity index (χ1n) is 8.20. The third-order valence-electron chi connectivity index (χ3n) is 3.95. The van der Waals surface area contributed by atoms with Crippen molar-refractivity contribution in [2.45, 2.75) is 31.7 Å². The van der Waals surface area contributed by atoms with Crippen molar-refractivity contribution in [2.24, 2.45) is 0 Å². The molecule has 1 N–H and O–H groups in total. The fourth-order valence-electron chi connectivity index (χ4n) is 2.43. The Hall–Kier alpha value is -1.84. The summed E-state index contributed by atoms with van der Waals surface area (Å²) in [6.45, 7) is 10.1. The van der Waals surface area contributed by atoms with Crippen molar-refractivity contribution in [3.63, 3.8) is 0 Å². The summed E-state index contributed by atoms with van der Waals surface area (Å²) >= 11 is 0. The van der Waals surface area contributed by atoms with Gasteiger partial charge in [-0.15, -0.1) is 0 Å². The highest BCUT2D eigenvalue weighted by atomic mass is 32.2. The summed E-state index contributed by atoms with van der Waals surface area (Å²) in [6, 6.07) is 4.70. The van der Waals surface area contributed by atoms with Crippen LogP contribution >= 0.6 is 0 Å². The molecule has 2 rings (SSSR count). The maximum absolute atomic E-state index is 12.6. The topological polar surface area (TPSA) is 90.9 Å². The number of fused-ring (bicyclic) bond motifs is 1. The summed E-state index contributed by atoms with van der Waals surface area (Å²) in [6.07, 6.45) is 0. The minimum absolute atomic E-state index is 0.0138. The van der Waals surface area contributed by atoms with Gasteiger partial charge in [-0.05, 0) is 12.1 Å². The van der Waals surface area contributed by atoms with Crippen molar-refractivity contribution in [1.29, 1.82) is 0 Å². The molecule has 0 amide bonds. The predicted molar refractivity (Wildman–Crippen MR) is 102 cm³/mol. The number of hydrogen-bond donors (Lipinski definition) is 1. The molecule has 0 aliphatic carbocycles. The molecule has 1 atom stereocenters. The fraction of sp³-hybridized carbons (Fsp3) is 0.471. The SMILES string of the molecule is C=C(C(=O)OC)C(NS(=O)(=O)CC[Si](C)(C)C)c1cccc2c1OCO2. The number of nitrogens with one attached hydrogen (secondary N) is 1. The van der Waals surface area contributed by atoms with E-state index in [1.165, 1.54) is 7.11 Å². The zero-order valence-corrected chi connectivity index (χ0v) is 17.3. The first-order chi connectivity index (χ1) is 12.0. The molecule has 0 saturated carbocycles. The first kappa shape index (κ1) is 20.5. The molecular formula is C17H25NO6SSi. The minimum atomic E-state index is -3.65. The summed E-state index contributed by atoms with van der Waals surface area (Å²) in [7, 11) is -3.97. The van der Waals surface area contributed by atoms with Crippen LogP contribution in [0.2, 0.25) is 25.7 Å². The van der Waals surface area contributed by atoms with Gasteiger partial charge >= 0.3 is 5.97 Å². The van der Waals surface area contributed by atoms with E-state index in [2.05, 4.69) is 30.9 Å². The third kappa shape index (κ3) is 5.09. The molecule has 7 nitrogen and oxygen atoms in total. The van der Waals surface area contributed by atoms with E-state index in [0.29, 0.717) is 23.1 Å². The van der Waals surface area contributed by atoms with Crippen LogP contribution in [0.3, 0.4) is 0 Å². The van der Waals surface area contributed by atoms with Crippen LogP contribution in [0, 0.1) is 0 Å². The van der Waals surface area contributed by atoms with Crippen LogP contribution in [0.4, 0.5) is 0 Å². The van der Waals surface area contributed by atoms with Gasteiger partial charge in [0.15, 0.2) is 11.5 Å². The largest absolute Gasteiger partial charge is 0.466 e. The van der Waals surface area contributed by atoms with E-state index >= 15 is 0 Å². The second kappa shape index (κ2) is 7.81. The summed E-state index contributed by atoms with van der Waals surface area (Å²) < 4.78 is 43.4. The van der Waals surface area contributed by atoms with E-state index in [1.54, 1.807) is 18.2 Å². The molecule has 0 saturated heterocycles. The van der Waals surface area contributed by atoms with E-state index in [-0.39, 0.29) is 18.1 Å². The minimum Gasteiger partial charge on any atom is -0.466 e. The molecule has 9 heteroatoms. The lowest BCUT2D eigenvalue weighted by Gasteiger charge is -2.22. The zero-order valence-electron chi connectivity index (χ0n) is 15.5. The molecule has 26 heavy (non-hydrogen) atoms. The molecule has 0 radical (unpaired) electrons. The zero-order chi connectivity index (χ0) is 19.5. The smallest absolute Gasteiger partial charge is 0.335 e. The van der Waals surface area contributed by atoms with Crippen molar-refractivity contribution >= 4 is 24.1 Å². The number of carbonyl (C=O) groups excluding carboxylic acids is 1. The molecule has 1 aliphatic rings. The second-order valence-electron chi connectivity index (χ2n) is 7.28. The summed E-state index contributed by atoms with van der Waals surface area (Å²) in [4.78, 5) is 12.0. The lowest BCUT2D eigenvalue weighted by molar-refractivity contribution is -0.136. The number of methoxy groups -OCH3 is 1. The van der Waals surface area contributed by atoms with Crippen LogP contribution < -0.4 is 14.2 Å². The highest BCUT2D eigenvalue weighted by molar-refractivity contribution is 7.89. The van der Waals surface area contributed by atoms with Gasteiger partial charge in [0.05, 0.1) is 24.5 Å². The average Bonchev–Trinajstić information content (AvgIpc) is 3.05. The number of para-hydroxylation sites is 1. The first-order valence-corrected chi connectivity index (χ1v) is 13.6. The van der Waals surface area contributed by atoms with Crippen molar-refractivity contribution < 1.29 is 27.4 Å². The van der Waals surface area contributed by atoms with Gasteiger partial charge in [-0.3, -0.25) is 0 Å². The standard InChI is InChI=1S/C17H25NO6SSi/c1-12(17(19)22-2)15(18-25(20,21)9-10-26(3,4)5)13-7-6-8-14-16(13)24-11-23-14/h6-8,15,18H,1,9-11H2,2-5H3. The van der Waals surface area contributed by atoms with Crippen LogP contribution in [0.15, 0.2) is 30.4 Å². The normalized spacial score (nSPS) is 14.8. The van der Waals surface area contributed by atoms with E-state index < -0.39 is 30.1 Å². The van der Waals surface area contributed by atoms with E-state index in [1.807, 2.05) is 0 Å². The van der Waals surface area contributed by atoms with Gasteiger partial charge in [0.1, 0.15) is 0 Å². The number of sulfonamides is 1. The van der Waals surface area contributed by atoms with Gasteiger partial charge in [0, 0.05) is 13.6 Å². The molecule has 1 aromatic rings. The second-order valence-corrected chi connectivity index (χ2v) is 14.8. The number of benzene rings is 1. The average molecular weight is 400 g/mol. The van der Waals surface area contributed by atoms with Crippen LogP contribution in [-0.2, 0) is 19.6 Å². The molecule has 0 spiro atoms. The molecule has 1 heterocycles. The highest BCUT2D eigenvalue weighted by Gasteiger charge is 2.32. The Labute approximate surface area is 155 Å². The quantitative estimate of drug-likeness (QED) is 0.410. The Kier molecular flexibility index (Phi) is 6.15. The lowest BCUT2D eigenvalue weighted by atomic mass is 9.99. The predicted octanol–water partition coefficient (Wildman–Crippen LogP) is 2.44. The summed E-state index contributed by atoms with van der Waals surface area (Å²) in [5.41, 5.74) is 0.444. The maximum Gasteiger partial charge on any atom is 0.335 e. The third-order valence-corrected chi connectivity index (χ3v) is 7.40. The highest BCUT2D eigenvalue weighted by Crippen LogP contribution is 2.40. The molecule has 0 aromatic heterocycles. The van der Waals surface area contributed by atoms with Crippen molar-refractivity contribution in [1.82, 2.24) is 4.72 Å². The van der Waals surface area contributed by atoms with Crippen molar-refractivity contribution in [3.8, 4) is 11.5 Å². The molecule has 144 valence electrons. The van der Waals surface area contributed by atoms with Gasteiger partial charge < -0.3 is 14.2 Å². The van der Waals surface area contributed by atoms with E-state index in [4.69, 9.17) is 14.2 Å². The van der Waals surface area contributed by atoms with E-state index in [0.717, 1.165) is 0 Å². The van der Waals surface area contributed by atoms with Crippen LogP contribution in [0.5, 0.6) is 11.5 Å². The van der Waals surface area contributed by atoms with E-state index in [9.17, 15) is 13.2 Å². The molecule has 0 fully saturated rings. The Morgan fingerprint density at radius 3 is 2.65 bits per heavy atom. The van der Waals surface area contributed by atoms with Crippen LogP contribution in [0.1, 0.15) is 11.6 Å². The Morgan fingerprint density at radius 1 is 1.35 bits per heavy atom. The molecule has 1 unspecified atom stereocenters. The molecule has 1 aliphatic heterocycles. The lowest BCUT2D eigenvalue weighted by Crippen LogP contribution is -2.36. The number of hydrogen-bond acceptors (Lipinski definition) is 6. The van der Waals surface area contributed by atoms with Gasteiger partial charge in [0.25, 0.3) is 0 Å². The maximum atomic E-state index is 12.6.